The van der Waals surface area contributed by atoms with E-state index in [1.165, 1.54) is 0 Å². The largest absolute Gasteiger partial charge is 0.466 e. The first-order valence-electron chi connectivity index (χ1n) is 11.4. The maximum atomic E-state index is 13.2. The van der Waals surface area contributed by atoms with Crippen LogP contribution in [0.2, 0.25) is 0 Å². The Hall–Kier alpha value is -2.43. The Labute approximate surface area is 183 Å². The van der Waals surface area contributed by atoms with Crippen molar-refractivity contribution in [1.82, 2.24) is 9.80 Å². The summed E-state index contributed by atoms with van der Waals surface area (Å²) in [6, 6.07) is 9.34. The molecule has 1 amide bonds. The van der Waals surface area contributed by atoms with Crippen LogP contribution >= 0.6 is 0 Å². The van der Waals surface area contributed by atoms with Crippen LogP contribution in [0.4, 0.5) is 0 Å². The van der Waals surface area contributed by atoms with E-state index in [4.69, 9.17) is 14.7 Å². The number of hydrogen-bond acceptors (Lipinski definition) is 6. The van der Waals surface area contributed by atoms with E-state index < -0.39 is 5.41 Å². The van der Waals surface area contributed by atoms with Crippen molar-refractivity contribution in [3.63, 3.8) is 0 Å². The Morgan fingerprint density at radius 3 is 2.81 bits per heavy atom. The van der Waals surface area contributed by atoms with E-state index in [2.05, 4.69) is 11.0 Å². The number of carbonyl (C=O) groups excluding carboxylic acids is 2. The topological polar surface area (TPSA) is 82.9 Å². The molecule has 0 radical (unpaired) electrons. The maximum absolute atomic E-state index is 13.2. The lowest BCUT2D eigenvalue weighted by Crippen LogP contribution is -2.59. The van der Waals surface area contributed by atoms with E-state index in [1.807, 2.05) is 6.92 Å². The monoisotopic (exact) mass is 425 g/mol. The van der Waals surface area contributed by atoms with Crippen LogP contribution in [0.1, 0.15) is 48.5 Å². The number of nitrogens with zero attached hydrogens (tertiary/aromatic N) is 3. The summed E-state index contributed by atoms with van der Waals surface area (Å²) >= 11 is 0. The van der Waals surface area contributed by atoms with Gasteiger partial charge < -0.3 is 14.4 Å². The summed E-state index contributed by atoms with van der Waals surface area (Å²) in [6.07, 6.45) is 3.43. The van der Waals surface area contributed by atoms with Gasteiger partial charge in [-0.3, -0.25) is 14.5 Å². The number of likely N-dealkylation sites (tertiary alicyclic amines) is 1. The predicted molar refractivity (Wildman–Crippen MR) is 114 cm³/mol. The lowest BCUT2D eigenvalue weighted by molar-refractivity contribution is -0.168. The van der Waals surface area contributed by atoms with Crippen LogP contribution in [0, 0.1) is 22.7 Å². The molecule has 0 unspecified atom stereocenters. The number of benzene rings is 1. The fourth-order valence-corrected chi connectivity index (χ4v) is 5.59. The van der Waals surface area contributed by atoms with Gasteiger partial charge in [-0.2, -0.15) is 5.26 Å². The number of rotatable bonds is 4. The normalized spacial score (nSPS) is 29.0. The second-order valence-electron chi connectivity index (χ2n) is 8.86. The van der Waals surface area contributed by atoms with E-state index in [0.717, 1.165) is 52.0 Å². The zero-order chi connectivity index (χ0) is 21.8. The molecular weight excluding hydrogens is 394 g/mol. The Kier molecular flexibility index (Phi) is 6.59. The number of amides is 1. The van der Waals surface area contributed by atoms with Crippen LogP contribution in [-0.4, -0.2) is 73.7 Å². The third kappa shape index (κ3) is 4.32. The predicted octanol–water partition coefficient (Wildman–Crippen LogP) is 2.45. The average Bonchev–Trinajstić information content (AvgIpc) is 2.83. The van der Waals surface area contributed by atoms with Gasteiger partial charge in [0.25, 0.3) is 5.91 Å². The molecule has 7 nitrogen and oxygen atoms in total. The van der Waals surface area contributed by atoms with Crippen LogP contribution in [0.15, 0.2) is 24.3 Å². The molecule has 1 saturated carbocycles. The second-order valence-corrected chi connectivity index (χ2v) is 8.86. The smallest absolute Gasteiger partial charge is 0.314 e. The van der Waals surface area contributed by atoms with E-state index >= 15 is 0 Å². The third-order valence-electron chi connectivity index (χ3n) is 7.25. The summed E-state index contributed by atoms with van der Waals surface area (Å²) in [5, 5.41) is 9.17. The van der Waals surface area contributed by atoms with Crippen LogP contribution in [-0.2, 0) is 14.3 Å². The quantitative estimate of drug-likeness (QED) is 0.689. The van der Waals surface area contributed by atoms with Gasteiger partial charge in [0.2, 0.25) is 0 Å². The molecule has 31 heavy (non-hydrogen) atoms. The SMILES string of the molecule is CCOC(=O)[C@@]12CC[C@H](N3CCOCC3)C[C@H]1CCN(C(=O)c1cccc(C#N)c1)C2. The highest BCUT2D eigenvalue weighted by molar-refractivity contribution is 5.95. The average molecular weight is 426 g/mol. The highest BCUT2D eigenvalue weighted by Crippen LogP contribution is 2.48. The summed E-state index contributed by atoms with van der Waals surface area (Å²) in [4.78, 5) is 30.7. The molecule has 2 aliphatic heterocycles. The Morgan fingerprint density at radius 1 is 1.26 bits per heavy atom. The molecule has 2 saturated heterocycles. The number of ether oxygens (including phenoxy) is 2. The van der Waals surface area contributed by atoms with Crippen LogP contribution in [0.3, 0.4) is 0 Å². The Bertz CT molecular complexity index is 861. The number of hydrogen-bond donors (Lipinski definition) is 0. The first kappa shape index (κ1) is 21.8. The van der Waals surface area contributed by atoms with Crippen molar-refractivity contribution in [2.24, 2.45) is 11.3 Å². The molecule has 0 aromatic heterocycles. The molecule has 7 heteroatoms. The minimum Gasteiger partial charge on any atom is -0.466 e. The fourth-order valence-electron chi connectivity index (χ4n) is 5.59. The van der Waals surface area contributed by atoms with Crippen molar-refractivity contribution in [3.05, 3.63) is 35.4 Å². The molecule has 0 N–H and O–H groups in total. The summed E-state index contributed by atoms with van der Waals surface area (Å²) in [7, 11) is 0. The summed E-state index contributed by atoms with van der Waals surface area (Å²) < 4.78 is 11.0. The Morgan fingerprint density at radius 2 is 2.06 bits per heavy atom. The zero-order valence-corrected chi connectivity index (χ0v) is 18.2. The second kappa shape index (κ2) is 9.37. The van der Waals surface area contributed by atoms with Gasteiger partial charge in [-0.25, -0.2) is 0 Å². The molecule has 3 aliphatic rings. The summed E-state index contributed by atoms with van der Waals surface area (Å²) in [5.41, 5.74) is 0.324. The minimum absolute atomic E-state index is 0.116. The van der Waals surface area contributed by atoms with Crippen molar-refractivity contribution in [2.45, 2.75) is 38.6 Å². The molecule has 3 fully saturated rings. The van der Waals surface area contributed by atoms with Crippen LogP contribution < -0.4 is 0 Å². The number of piperidine rings is 1. The van der Waals surface area contributed by atoms with E-state index in [9.17, 15) is 9.59 Å². The number of esters is 1. The summed E-state index contributed by atoms with van der Waals surface area (Å²) in [6.45, 7) is 6.63. The third-order valence-corrected chi connectivity index (χ3v) is 7.25. The molecule has 1 aromatic carbocycles. The van der Waals surface area contributed by atoms with Crippen molar-refractivity contribution in [3.8, 4) is 6.07 Å². The fraction of sp³-hybridized carbons (Fsp3) is 0.625. The van der Waals surface area contributed by atoms with Crippen LogP contribution in [0.5, 0.6) is 0 Å². The van der Waals surface area contributed by atoms with Crippen LogP contribution in [0.25, 0.3) is 0 Å². The maximum Gasteiger partial charge on any atom is 0.314 e. The van der Waals surface area contributed by atoms with Crippen molar-refractivity contribution in [1.29, 1.82) is 5.26 Å². The molecular formula is C24H31N3O4. The first-order chi connectivity index (χ1) is 15.1. The standard InChI is InChI=1S/C24H31N3O4/c1-2-31-23(29)24-8-6-21(26-10-12-30-13-11-26)15-20(24)7-9-27(17-24)22(28)19-5-3-4-18(14-19)16-25/h3-5,14,20-21H,2,6-13,15,17H2,1H3/t20-,21+,24-/m1/s1. The van der Waals surface area contributed by atoms with Crippen molar-refractivity contribution >= 4 is 11.9 Å². The molecule has 3 atom stereocenters. The number of fused-ring (bicyclic) bond motifs is 1. The lowest BCUT2D eigenvalue weighted by atomic mass is 9.61. The van der Waals surface area contributed by atoms with Gasteiger partial charge >= 0.3 is 5.97 Å². The van der Waals surface area contributed by atoms with Gasteiger partial charge in [-0.05, 0) is 56.7 Å². The van der Waals surface area contributed by atoms with Gasteiger partial charge in [0.1, 0.15) is 0 Å². The van der Waals surface area contributed by atoms with Gasteiger partial charge in [-0.1, -0.05) is 6.07 Å². The molecule has 1 aliphatic carbocycles. The molecule has 166 valence electrons. The molecule has 4 rings (SSSR count). The minimum atomic E-state index is -0.639. The van der Waals surface area contributed by atoms with Gasteiger partial charge in [0.15, 0.2) is 0 Å². The highest BCUT2D eigenvalue weighted by Gasteiger charge is 2.54. The zero-order valence-electron chi connectivity index (χ0n) is 18.2. The van der Waals surface area contributed by atoms with Gasteiger partial charge in [-0.15, -0.1) is 0 Å². The lowest BCUT2D eigenvalue weighted by Gasteiger charge is -2.52. The van der Waals surface area contributed by atoms with Crippen molar-refractivity contribution in [2.75, 3.05) is 46.0 Å². The molecule has 0 spiro atoms. The molecule has 2 heterocycles. The molecule has 1 aromatic rings. The number of carbonyl (C=O) groups is 2. The first-order valence-corrected chi connectivity index (χ1v) is 11.4. The number of nitriles is 1. The van der Waals surface area contributed by atoms with E-state index in [1.54, 1.807) is 29.2 Å². The van der Waals surface area contributed by atoms with E-state index in [-0.39, 0.29) is 17.8 Å². The van der Waals surface area contributed by atoms with Gasteiger partial charge in [0.05, 0.1) is 36.9 Å². The van der Waals surface area contributed by atoms with Crippen molar-refractivity contribution < 1.29 is 19.1 Å². The summed E-state index contributed by atoms with van der Waals surface area (Å²) in [5.74, 6) is -0.0686. The Balaban J connectivity index is 1.54. The molecule has 0 bridgehead atoms. The van der Waals surface area contributed by atoms with E-state index in [0.29, 0.717) is 36.9 Å². The number of morpholine rings is 1. The van der Waals surface area contributed by atoms with Gasteiger partial charge in [0, 0.05) is 37.8 Å². The highest BCUT2D eigenvalue weighted by atomic mass is 16.5.